The molecule has 168 valence electrons. The zero-order chi connectivity index (χ0) is 22.7. The normalized spacial score (nSPS) is 12.6. The standard InChI is InChI=1S/C22H32N6O3/c1-13(2)16(11-29)24-22-25-20(19-21(26-22)28(12-23-19)14(3)4)27(5)9-8-15-6-7-17(30)18(31)10-15/h6-7,10,12-14,16,29-31H,8-9,11H2,1-5H3,(H,24,25,26). The van der Waals surface area contributed by atoms with Crippen molar-refractivity contribution in [3.63, 3.8) is 0 Å². The number of hydrogen-bond acceptors (Lipinski definition) is 8. The van der Waals surface area contributed by atoms with E-state index in [0.29, 0.717) is 30.2 Å². The second kappa shape index (κ2) is 9.38. The number of nitrogens with one attached hydrogen (secondary N) is 1. The van der Waals surface area contributed by atoms with Gasteiger partial charge in [-0.1, -0.05) is 19.9 Å². The number of aliphatic hydroxyl groups excluding tert-OH is 1. The zero-order valence-electron chi connectivity index (χ0n) is 18.7. The first-order valence-corrected chi connectivity index (χ1v) is 10.5. The van der Waals surface area contributed by atoms with E-state index < -0.39 is 0 Å². The van der Waals surface area contributed by atoms with Gasteiger partial charge in [-0.25, -0.2) is 4.98 Å². The first kappa shape index (κ1) is 22.6. The number of hydrogen-bond donors (Lipinski definition) is 4. The average Bonchev–Trinajstić information content (AvgIpc) is 3.16. The van der Waals surface area contributed by atoms with Crippen molar-refractivity contribution in [3.05, 3.63) is 30.1 Å². The number of phenolic OH excluding ortho intramolecular Hbond substituents is 2. The number of benzene rings is 1. The van der Waals surface area contributed by atoms with Gasteiger partial charge in [0.1, 0.15) is 0 Å². The smallest absolute Gasteiger partial charge is 0.227 e. The second-order valence-electron chi connectivity index (χ2n) is 8.46. The van der Waals surface area contributed by atoms with Gasteiger partial charge < -0.3 is 30.1 Å². The van der Waals surface area contributed by atoms with E-state index in [4.69, 9.17) is 4.98 Å². The van der Waals surface area contributed by atoms with Gasteiger partial charge in [0.25, 0.3) is 0 Å². The Morgan fingerprint density at radius 3 is 2.45 bits per heavy atom. The molecule has 4 N–H and O–H groups in total. The van der Waals surface area contributed by atoms with E-state index >= 15 is 0 Å². The lowest BCUT2D eigenvalue weighted by molar-refractivity contribution is 0.248. The molecule has 9 nitrogen and oxygen atoms in total. The van der Waals surface area contributed by atoms with Crippen molar-refractivity contribution in [1.82, 2.24) is 19.5 Å². The predicted octanol–water partition coefficient (Wildman–Crippen LogP) is 2.93. The summed E-state index contributed by atoms with van der Waals surface area (Å²) in [7, 11) is 1.94. The minimum absolute atomic E-state index is 0.0158. The maximum Gasteiger partial charge on any atom is 0.227 e. The lowest BCUT2D eigenvalue weighted by Crippen LogP contribution is -2.31. The maximum atomic E-state index is 9.74. The summed E-state index contributed by atoms with van der Waals surface area (Å²) < 4.78 is 2.00. The Morgan fingerprint density at radius 1 is 1.10 bits per heavy atom. The van der Waals surface area contributed by atoms with E-state index in [9.17, 15) is 15.3 Å². The van der Waals surface area contributed by atoms with Crippen molar-refractivity contribution in [2.24, 2.45) is 5.92 Å². The van der Waals surface area contributed by atoms with E-state index in [-0.39, 0.29) is 36.1 Å². The van der Waals surface area contributed by atoms with Gasteiger partial charge in [0, 0.05) is 19.6 Å². The number of phenols is 2. The molecule has 1 aromatic carbocycles. The highest BCUT2D eigenvalue weighted by atomic mass is 16.3. The molecule has 0 aliphatic carbocycles. The Hall–Kier alpha value is -3.07. The molecule has 0 fully saturated rings. The molecule has 3 rings (SSSR count). The van der Waals surface area contributed by atoms with Crippen LogP contribution in [0, 0.1) is 5.92 Å². The third kappa shape index (κ3) is 4.99. The zero-order valence-corrected chi connectivity index (χ0v) is 18.7. The molecule has 0 saturated carbocycles. The third-order valence-electron chi connectivity index (χ3n) is 5.41. The van der Waals surface area contributed by atoms with Gasteiger partial charge in [0.15, 0.2) is 28.5 Å². The van der Waals surface area contributed by atoms with Crippen LogP contribution < -0.4 is 10.2 Å². The fourth-order valence-electron chi connectivity index (χ4n) is 3.33. The molecule has 0 amide bonds. The van der Waals surface area contributed by atoms with E-state index in [1.807, 2.05) is 30.4 Å². The van der Waals surface area contributed by atoms with E-state index in [0.717, 1.165) is 11.2 Å². The number of aromatic nitrogens is 4. The Kier molecular flexibility index (Phi) is 6.84. The van der Waals surface area contributed by atoms with Crippen LogP contribution in [-0.4, -0.2) is 61.1 Å². The summed E-state index contributed by atoms with van der Waals surface area (Å²) in [5, 5.41) is 32.2. The summed E-state index contributed by atoms with van der Waals surface area (Å²) >= 11 is 0. The van der Waals surface area contributed by atoms with Crippen molar-refractivity contribution < 1.29 is 15.3 Å². The van der Waals surface area contributed by atoms with Gasteiger partial charge in [-0.05, 0) is 43.9 Å². The van der Waals surface area contributed by atoms with Gasteiger partial charge in [0.05, 0.1) is 19.0 Å². The lowest BCUT2D eigenvalue weighted by Gasteiger charge is -2.23. The molecule has 0 spiro atoms. The maximum absolute atomic E-state index is 9.74. The fourth-order valence-corrected chi connectivity index (χ4v) is 3.33. The minimum atomic E-state index is -0.161. The molecule has 2 heterocycles. The summed E-state index contributed by atoms with van der Waals surface area (Å²) in [5.74, 6) is 1.09. The van der Waals surface area contributed by atoms with Crippen LogP contribution in [0.2, 0.25) is 0 Å². The van der Waals surface area contributed by atoms with Crippen molar-refractivity contribution >= 4 is 22.9 Å². The topological polar surface area (TPSA) is 120 Å². The van der Waals surface area contributed by atoms with Crippen LogP contribution in [0.15, 0.2) is 24.5 Å². The Labute approximate surface area is 182 Å². The predicted molar refractivity (Wildman–Crippen MR) is 122 cm³/mol. The molecule has 1 atom stereocenters. The van der Waals surface area contributed by atoms with Crippen LogP contribution in [0.25, 0.3) is 11.2 Å². The highest BCUT2D eigenvalue weighted by Gasteiger charge is 2.20. The van der Waals surface area contributed by atoms with Gasteiger partial charge >= 0.3 is 0 Å². The highest BCUT2D eigenvalue weighted by Crippen LogP contribution is 2.28. The number of imidazole rings is 1. The summed E-state index contributed by atoms with van der Waals surface area (Å²) in [6, 6.07) is 4.86. The third-order valence-corrected chi connectivity index (χ3v) is 5.41. The molecular formula is C22H32N6O3. The first-order chi connectivity index (χ1) is 14.7. The summed E-state index contributed by atoms with van der Waals surface area (Å²) in [6.45, 7) is 8.81. The van der Waals surface area contributed by atoms with Crippen molar-refractivity contribution in [3.8, 4) is 11.5 Å². The van der Waals surface area contributed by atoms with Crippen molar-refractivity contribution in [2.75, 3.05) is 30.4 Å². The number of anilines is 2. The SMILES string of the molecule is CC(C)C(CO)Nc1nc(N(C)CCc2ccc(O)c(O)c2)c2ncn(C(C)C)c2n1. The number of aliphatic hydroxyl groups is 1. The second-order valence-corrected chi connectivity index (χ2v) is 8.46. The van der Waals surface area contributed by atoms with Crippen LogP contribution in [0.4, 0.5) is 11.8 Å². The number of likely N-dealkylation sites (N-methyl/N-ethyl adjacent to an activating group) is 1. The molecule has 0 aliphatic rings. The van der Waals surface area contributed by atoms with Crippen LogP contribution in [0.3, 0.4) is 0 Å². The molecule has 1 unspecified atom stereocenters. The van der Waals surface area contributed by atoms with E-state index in [1.54, 1.807) is 18.5 Å². The van der Waals surface area contributed by atoms with Gasteiger partial charge in [-0.3, -0.25) is 0 Å². The number of rotatable bonds is 9. The lowest BCUT2D eigenvalue weighted by atomic mass is 10.1. The van der Waals surface area contributed by atoms with E-state index in [2.05, 4.69) is 29.1 Å². The first-order valence-electron chi connectivity index (χ1n) is 10.5. The molecule has 0 radical (unpaired) electrons. The molecule has 9 heteroatoms. The summed E-state index contributed by atoms with van der Waals surface area (Å²) in [5.41, 5.74) is 2.34. The van der Waals surface area contributed by atoms with Gasteiger partial charge in [-0.2, -0.15) is 9.97 Å². The summed E-state index contributed by atoms with van der Waals surface area (Å²) in [4.78, 5) is 16.0. The van der Waals surface area contributed by atoms with Crippen LogP contribution in [-0.2, 0) is 6.42 Å². The number of nitrogens with zero attached hydrogens (tertiary/aromatic N) is 5. The highest BCUT2D eigenvalue weighted by molar-refractivity contribution is 5.85. The average molecular weight is 429 g/mol. The monoisotopic (exact) mass is 428 g/mol. The Morgan fingerprint density at radius 2 is 1.84 bits per heavy atom. The van der Waals surface area contributed by atoms with Gasteiger partial charge in [-0.15, -0.1) is 0 Å². The molecule has 0 bridgehead atoms. The van der Waals surface area contributed by atoms with Crippen molar-refractivity contribution in [1.29, 1.82) is 0 Å². The van der Waals surface area contributed by atoms with Crippen molar-refractivity contribution in [2.45, 2.75) is 46.2 Å². The fraction of sp³-hybridized carbons (Fsp3) is 0.500. The van der Waals surface area contributed by atoms with Crippen LogP contribution >= 0.6 is 0 Å². The summed E-state index contributed by atoms with van der Waals surface area (Å²) in [6.07, 6.45) is 2.42. The van der Waals surface area contributed by atoms with E-state index in [1.165, 1.54) is 6.07 Å². The molecule has 3 aromatic rings. The minimum Gasteiger partial charge on any atom is -0.504 e. The molecule has 0 aliphatic heterocycles. The van der Waals surface area contributed by atoms with Crippen LogP contribution in [0.5, 0.6) is 11.5 Å². The molecule has 31 heavy (non-hydrogen) atoms. The molecule has 2 aromatic heterocycles. The van der Waals surface area contributed by atoms with Gasteiger partial charge in [0.2, 0.25) is 5.95 Å². The number of fused-ring (bicyclic) bond motifs is 1. The largest absolute Gasteiger partial charge is 0.504 e. The molecule has 0 saturated heterocycles. The Balaban J connectivity index is 1.93. The van der Waals surface area contributed by atoms with Crippen LogP contribution in [0.1, 0.15) is 39.3 Å². The molecular weight excluding hydrogens is 396 g/mol. The quantitative estimate of drug-likeness (QED) is 0.384. The Bertz CT molecular complexity index is 1030. The number of aromatic hydroxyl groups is 2.